The molecule has 3 heteroatoms. The summed E-state index contributed by atoms with van der Waals surface area (Å²) in [6.45, 7) is 0.266. The molecule has 60 valence electrons. The number of allylic oxidation sites excluding steroid dienone is 3. The molecule has 0 aliphatic heterocycles. The molecule has 0 aromatic carbocycles. The maximum absolute atomic E-state index is 8.39. The van der Waals surface area contributed by atoms with Gasteiger partial charge in [-0.15, -0.1) is 6.42 Å². The molecule has 1 rings (SSSR count). The van der Waals surface area contributed by atoms with Crippen molar-refractivity contribution in [2.45, 2.75) is 6.42 Å². The zero-order valence-corrected chi connectivity index (χ0v) is 6.53. The Kier molecular flexibility index (Phi) is 2.89. The van der Waals surface area contributed by atoms with E-state index < -0.39 is 0 Å². The standard InChI is InChI=1S/C9H8N2O/c1-2-7-12-9-5-3-8(11-10)4-6-9/h1,3,5-6H,4,7H2. The first kappa shape index (κ1) is 8.32. The minimum absolute atomic E-state index is 0.266. The van der Waals surface area contributed by atoms with E-state index in [0.29, 0.717) is 12.1 Å². The van der Waals surface area contributed by atoms with E-state index in [4.69, 9.17) is 16.7 Å². The van der Waals surface area contributed by atoms with Crippen molar-refractivity contribution < 1.29 is 9.53 Å². The van der Waals surface area contributed by atoms with Crippen LogP contribution in [0.3, 0.4) is 0 Å². The molecule has 1 aliphatic rings. The summed E-state index contributed by atoms with van der Waals surface area (Å²) < 4.78 is 5.13. The van der Waals surface area contributed by atoms with Crippen LogP contribution in [0, 0.1) is 12.3 Å². The van der Waals surface area contributed by atoms with Crippen LogP contribution in [-0.2, 0) is 4.74 Å². The first-order valence-electron chi connectivity index (χ1n) is 3.52. The smallest absolute Gasteiger partial charge is 0.296 e. The van der Waals surface area contributed by atoms with Gasteiger partial charge in [0.2, 0.25) is 0 Å². The molecule has 0 amide bonds. The van der Waals surface area contributed by atoms with Crippen LogP contribution in [0.15, 0.2) is 24.0 Å². The summed E-state index contributed by atoms with van der Waals surface area (Å²) >= 11 is 0. The molecule has 0 saturated carbocycles. The van der Waals surface area contributed by atoms with Gasteiger partial charge in [-0.25, -0.2) is 0 Å². The van der Waals surface area contributed by atoms with E-state index >= 15 is 0 Å². The lowest BCUT2D eigenvalue weighted by Gasteiger charge is -2.03. The van der Waals surface area contributed by atoms with Crippen LogP contribution in [0.4, 0.5) is 0 Å². The highest BCUT2D eigenvalue weighted by Gasteiger charge is 2.07. The lowest BCUT2D eigenvalue weighted by atomic mass is 10.1. The molecule has 12 heavy (non-hydrogen) atoms. The second-order valence-corrected chi connectivity index (χ2v) is 2.23. The van der Waals surface area contributed by atoms with Crippen molar-refractivity contribution in [3.8, 4) is 12.3 Å². The van der Waals surface area contributed by atoms with Crippen LogP contribution in [0.1, 0.15) is 6.42 Å². The van der Waals surface area contributed by atoms with Crippen LogP contribution in [0.25, 0.3) is 5.53 Å². The van der Waals surface area contributed by atoms with Gasteiger partial charge < -0.3 is 10.3 Å². The number of rotatable bonds is 2. The predicted octanol–water partition coefficient (Wildman–Crippen LogP) is 1.15. The van der Waals surface area contributed by atoms with E-state index in [1.165, 1.54) is 0 Å². The molecule has 3 nitrogen and oxygen atoms in total. The third-order valence-electron chi connectivity index (χ3n) is 1.40. The van der Waals surface area contributed by atoms with Crippen LogP contribution >= 0.6 is 0 Å². The number of nitrogens with zero attached hydrogens (tertiary/aromatic N) is 2. The molecule has 0 heterocycles. The number of terminal acetylenes is 1. The van der Waals surface area contributed by atoms with Crippen LogP contribution < -0.4 is 0 Å². The lowest BCUT2D eigenvalue weighted by molar-refractivity contribution is -0.00555. The normalized spacial score (nSPS) is 14.6. The van der Waals surface area contributed by atoms with Gasteiger partial charge in [-0.3, -0.25) is 0 Å². The van der Waals surface area contributed by atoms with Crippen molar-refractivity contribution in [3.05, 3.63) is 29.5 Å². The molecule has 0 bridgehead atoms. The average Bonchev–Trinajstić information content (AvgIpc) is 2.15. The molecule has 0 radical (unpaired) electrons. The Morgan fingerprint density at radius 2 is 2.50 bits per heavy atom. The van der Waals surface area contributed by atoms with Crippen molar-refractivity contribution in [2.75, 3.05) is 6.61 Å². The van der Waals surface area contributed by atoms with Gasteiger partial charge in [-0.05, 0) is 12.2 Å². The minimum Gasteiger partial charge on any atom is -0.481 e. The SMILES string of the molecule is C#CCOC1=CCC(=[N+]=[N-])C=C1. The summed E-state index contributed by atoms with van der Waals surface area (Å²) in [7, 11) is 0. The largest absolute Gasteiger partial charge is 0.481 e. The van der Waals surface area contributed by atoms with E-state index in [9.17, 15) is 0 Å². The quantitative estimate of drug-likeness (QED) is 0.339. The molecule has 0 aromatic rings. The van der Waals surface area contributed by atoms with Crippen molar-refractivity contribution in [1.29, 1.82) is 0 Å². The molecule has 0 saturated heterocycles. The summed E-state index contributed by atoms with van der Waals surface area (Å²) in [5, 5.41) is 0. The molecule has 1 aliphatic carbocycles. The fourth-order valence-corrected chi connectivity index (χ4v) is 0.826. The van der Waals surface area contributed by atoms with Gasteiger partial charge in [0, 0.05) is 6.08 Å². The molecule has 0 N–H and O–H groups in total. The van der Waals surface area contributed by atoms with E-state index in [2.05, 4.69) is 10.7 Å². The zero-order chi connectivity index (χ0) is 8.81. The van der Waals surface area contributed by atoms with Crippen LogP contribution in [0.5, 0.6) is 0 Å². The molecule has 0 spiro atoms. The van der Waals surface area contributed by atoms with Gasteiger partial charge >= 0.3 is 0 Å². The van der Waals surface area contributed by atoms with Gasteiger partial charge in [0.1, 0.15) is 12.4 Å². The van der Waals surface area contributed by atoms with Crippen LogP contribution in [0.2, 0.25) is 0 Å². The van der Waals surface area contributed by atoms with Crippen molar-refractivity contribution >= 4 is 5.71 Å². The van der Waals surface area contributed by atoms with E-state index in [1.807, 2.05) is 6.08 Å². The number of ether oxygens (including phenoxy) is 1. The molecule has 0 aromatic heterocycles. The maximum Gasteiger partial charge on any atom is 0.296 e. The Balaban J connectivity index is 2.53. The topological polar surface area (TPSA) is 45.6 Å². The summed E-state index contributed by atoms with van der Waals surface area (Å²) in [6.07, 6.45) is 10.8. The maximum atomic E-state index is 8.39. The van der Waals surface area contributed by atoms with Gasteiger partial charge in [0.15, 0.2) is 0 Å². The highest BCUT2D eigenvalue weighted by atomic mass is 16.5. The Hall–Kier alpha value is -1.78. The molecular formula is C9H8N2O. The van der Waals surface area contributed by atoms with Gasteiger partial charge in [0.25, 0.3) is 5.71 Å². The second-order valence-electron chi connectivity index (χ2n) is 2.23. The molecule has 0 atom stereocenters. The highest BCUT2D eigenvalue weighted by molar-refractivity contribution is 5.92. The monoisotopic (exact) mass is 160 g/mol. The first-order chi connectivity index (χ1) is 5.86. The van der Waals surface area contributed by atoms with E-state index in [-0.39, 0.29) is 6.61 Å². The minimum atomic E-state index is 0.266. The third-order valence-corrected chi connectivity index (χ3v) is 1.40. The summed E-state index contributed by atoms with van der Waals surface area (Å²) in [6, 6.07) is 0. The Bertz CT molecular complexity index is 314. The predicted molar refractivity (Wildman–Crippen MR) is 45.3 cm³/mol. The Morgan fingerprint density at radius 3 is 3.00 bits per heavy atom. The summed E-state index contributed by atoms with van der Waals surface area (Å²) in [5.74, 6) is 3.09. The van der Waals surface area contributed by atoms with Crippen molar-refractivity contribution in [2.24, 2.45) is 0 Å². The zero-order valence-electron chi connectivity index (χ0n) is 6.53. The fourth-order valence-electron chi connectivity index (χ4n) is 0.826. The Labute approximate surface area is 71.0 Å². The average molecular weight is 160 g/mol. The third kappa shape index (κ3) is 2.12. The van der Waals surface area contributed by atoms with Crippen molar-refractivity contribution in [3.63, 3.8) is 0 Å². The summed E-state index contributed by atoms with van der Waals surface area (Å²) in [4.78, 5) is 3.05. The van der Waals surface area contributed by atoms with Gasteiger partial charge in [0.05, 0.1) is 6.42 Å². The molecule has 0 fully saturated rings. The number of hydrogen-bond donors (Lipinski definition) is 0. The fraction of sp³-hybridized carbons (Fsp3) is 0.222. The van der Waals surface area contributed by atoms with Gasteiger partial charge in [-0.2, -0.15) is 4.79 Å². The van der Waals surface area contributed by atoms with Gasteiger partial charge in [-0.1, -0.05) is 5.92 Å². The van der Waals surface area contributed by atoms with E-state index in [1.54, 1.807) is 12.2 Å². The first-order valence-corrected chi connectivity index (χ1v) is 3.52. The highest BCUT2D eigenvalue weighted by Crippen LogP contribution is 2.07. The Morgan fingerprint density at radius 1 is 1.67 bits per heavy atom. The molecule has 0 unspecified atom stereocenters. The lowest BCUT2D eigenvalue weighted by Crippen LogP contribution is -2.01. The summed E-state index contributed by atoms with van der Waals surface area (Å²) in [5.41, 5.74) is 9.00. The molecular weight excluding hydrogens is 152 g/mol. The van der Waals surface area contributed by atoms with E-state index in [0.717, 1.165) is 5.76 Å². The number of hydrogen-bond acceptors (Lipinski definition) is 1. The van der Waals surface area contributed by atoms with Crippen molar-refractivity contribution in [1.82, 2.24) is 0 Å². The van der Waals surface area contributed by atoms with Crippen LogP contribution in [-0.4, -0.2) is 17.1 Å². The second kappa shape index (κ2) is 4.17.